The van der Waals surface area contributed by atoms with E-state index in [4.69, 9.17) is 14.6 Å². The predicted octanol–water partition coefficient (Wildman–Crippen LogP) is 1.41. The van der Waals surface area contributed by atoms with E-state index in [1.54, 1.807) is 18.2 Å². The Morgan fingerprint density at radius 2 is 1.81 bits per heavy atom. The smallest absolute Gasteiger partial charge is 0.303 e. The van der Waals surface area contributed by atoms with Crippen LogP contribution in [0.25, 0.3) is 0 Å². The van der Waals surface area contributed by atoms with Gasteiger partial charge in [0, 0.05) is 32.1 Å². The lowest BCUT2D eigenvalue weighted by Gasteiger charge is -2.23. The zero-order valence-corrected chi connectivity index (χ0v) is 16.1. The minimum atomic E-state index is -3.59. The Balaban J connectivity index is 1.60. The number of rotatable bonds is 7. The van der Waals surface area contributed by atoms with E-state index in [1.807, 2.05) is 0 Å². The first kappa shape index (κ1) is 19.9. The summed E-state index contributed by atoms with van der Waals surface area (Å²) in [5.41, 5.74) is 0. The van der Waals surface area contributed by atoms with Crippen LogP contribution < -0.4 is 9.47 Å². The van der Waals surface area contributed by atoms with E-state index >= 15 is 0 Å². The second-order valence-electron chi connectivity index (χ2n) is 6.76. The monoisotopic (exact) mass is 398 g/mol. The summed E-state index contributed by atoms with van der Waals surface area (Å²) in [4.78, 5) is 13.0. The fourth-order valence-corrected chi connectivity index (χ4v) is 4.84. The van der Waals surface area contributed by atoms with Crippen LogP contribution in [0.1, 0.15) is 25.7 Å². The highest BCUT2D eigenvalue weighted by Gasteiger charge is 2.28. The summed E-state index contributed by atoms with van der Waals surface area (Å²) in [7, 11) is -3.59. The van der Waals surface area contributed by atoms with Crippen molar-refractivity contribution in [3.63, 3.8) is 0 Å². The van der Waals surface area contributed by atoms with E-state index in [2.05, 4.69) is 4.90 Å². The van der Waals surface area contributed by atoms with Crippen LogP contribution in [0.15, 0.2) is 23.1 Å². The van der Waals surface area contributed by atoms with Crippen LogP contribution in [-0.4, -0.2) is 74.6 Å². The maximum Gasteiger partial charge on any atom is 0.303 e. The van der Waals surface area contributed by atoms with Crippen molar-refractivity contribution < 1.29 is 27.8 Å². The van der Waals surface area contributed by atoms with E-state index in [1.165, 1.54) is 4.31 Å². The molecule has 0 aliphatic carbocycles. The zero-order chi connectivity index (χ0) is 19.3. The molecule has 0 spiro atoms. The van der Waals surface area contributed by atoms with Crippen LogP contribution >= 0.6 is 0 Å². The second kappa shape index (κ2) is 8.90. The number of carboxylic acid groups (broad SMARTS) is 1. The molecule has 2 aliphatic heterocycles. The minimum absolute atomic E-state index is 0.179. The average Bonchev–Trinajstić information content (AvgIpc) is 2.91. The van der Waals surface area contributed by atoms with Gasteiger partial charge in [0.25, 0.3) is 0 Å². The van der Waals surface area contributed by atoms with Crippen molar-refractivity contribution >= 4 is 16.0 Å². The van der Waals surface area contributed by atoms with Crippen molar-refractivity contribution in [3.8, 4) is 11.5 Å². The Hall–Kier alpha value is -1.84. The van der Waals surface area contributed by atoms with Crippen molar-refractivity contribution in [3.05, 3.63) is 18.2 Å². The number of hydrogen-bond donors (Lipinski definition) is 1. The molecule has 0 aromatic heterocycles. The molecule has 1 saturated heterocycles. The van der Waals surface area contributed by atoms with Crippen molar-refractivity contribution in [2.75, 3.05) is 45.9 Å². The number of nitrogens with zero attached hydrogens (tertiary/aromatic N) is 2. The molecule has 1 aromatic carbocycles. The summed E-state index contributed by atoms with van der Waals surface area (Å²) in [5, 5.41) is 8.70. The van der Waals surface area contributed by atoms with Crippen molar-refractivity contribution in [2.24, 2.45) is 0 Å². The van der Waals surface area contributed by atoms with E-state index < -0.39 is 16.0 Å². The van der Waals surface area contributed by atoms with Crippen LogP contribution in [0.5, 0.6) is 11.5 Å². The Morgan fingerprint density at radius 3 is 2.59 bits per heavy atom. The molecule has 150 valence electrons. The van der Waals surface area contributed by atoms with Crippen molar-refractivity contribution in [1.82, 2.24) is 9.21 Å². The fourth-order valence-electron chi connectivity index (χ4n) is 3.36. The molecule has 3 rings (SSSR count). The Kier molecular flexibility index (Phi) is 6.56. The van der Waals surface area contributed by atoms with E-state index in [0.29, 0.717) is 50.8 Å². The van der Waals surface area contributed by atoms with E-state index in [9.17, 15) is 13.2 Å². The van der Waals surface area contributed by atoms with Gasteiger partial charge in [-0.15, -0.1) is 0 Å². The van der Waals surface area contributed by atoms with Gasteiger partial charge in [0.1, 0.15) is 13.2 Å². The van der Waals surface area contributed by atoms with Gasteiger partial charge in [0.2, 0.25) is 10.0 Å². The summed E-state index contributed by atoms with van der Waals surface area (Å²) in [6.07, 6.45) is 2.38. The van der Waals surface area contributed by atoms with Gasteiger partial charge in [-0.25, -0.2) is 8.42 Å². The molecule has 0 bridgehead atoms. The van der Waals surface area contributed by atoms with Gasteiger partial charge in [-0.05, 0) is 44.5 Å². The van der Waals surface area contributed by atoms with Crippen LogP contribution in [0.2, 0.25) is 0 Å². The Bertz CT molecular complexity index is 767. The quantitative estimate of drug-likeness (QED) is 0.694. The number of carbonyl (C=O) groups is 1. The number of aliphatic carboxylic acids is 1. The SMILES string of the molecule is O=C(O)CCCCN1CCCN(S(=O)(=O)c2ccc3c(c2)OCCO3)CC1. The number of fused-ring (bicyclic) bond motifs is 1. The third kappa shape index (κ3) is 5.12. The highest BCUT2D eigenvalue weighted by Crippen LogP contribution is 2.33. The highest BCUT2D eigenvalue weighted by molar-refractivity contribution is 7.89. The molecule has 0 amide bonds. The van der Waals surface area contributed by atoms with Crippen LogP contribution in [-0.2, 0) is 14.8 Å². The molecule has 1 N–H and O–H groups in total. The molecule has 1 fully saturated rings. The van der Waals surface area contributed by atoms with Gasteiger partial charge in [-0.1, -0.05) is 0 Å². The van der Waals surface area contributed by atoms with Crippen LogP contribution in [0.3, 0.4) is 0 Å². The molecule has 9 heteroatoms. The third-order valence-corrected chi connectivity index (χ3v) is 6.71. The molecule has 0 saturated carbocycles. The number of hydrogen-bond acceptors (Lipinski definition) is 6. The summed E-state index contributed by atoms with van der Waals surface area (Å²) >= 11 is 0. The van der Waals surface area contributed by atoms with Crippen molar-refractivity contribution in [1.29, 1.82) is 0 Å². The fraction of sp³-hybridized carbons (Fsp3) is 0.611. The normalized spacial score (nSPS) is 18.8. The zero-order valence-electron chi connectivity index (χ0n) is 15.3. The first-order valence-corrected chi connectivity index (χ1v) is 10.7. The first-order chi connectivity index (χ1) is 13.0. The van der Waals surface area contributed by atoms with Gasteiger partial charge in [-0.3, -0.25) is 4.79 Å². The molecule has 1 aromatic rings. The number of sulfonamides is 1. The summed E-state index contributed by atoms with van der Waals surface area (Å²) < 4.78 is 38.5. The van der Waals surface area contributed by atoms with E-state index in [0.717, 1.165) is 25.9 Å². The molecule has 2 aliphatic rings. The summed E-state index contributed by atoms with van der Waals surface area (Å²) in [6.45, 7) is 4.05. The first-order valence-electron chi connectivity index (χ1n) is 9.31. The Morgan fingerprint density at radius 1 is 1.04 bits per heavy atom. The minimum Gasteiger partial charge on any atom is -0.486 e. The number of carboxylic acids is 1. The lowest BCUT2D eigenvalue weighted by atomic mass is 10.2. The predicted molar refractivity (Wildman–Crippen MR) is 98.7 cm³/mol. The molecule has 0 radical (unpaired) electrons. The second-order valence-corrected chi connectivity index (χ2v) is 8.69. The molecular weight excluding hydrogens is 372 g/mol. The topological polar surface area (TPSA) is 96.4 Å². The molecule has 2 heterocycles. The largest absolute Gasteiger partial charge is 0.486 e. The van der Waals surface area contributed by atoms with Gasteiger partial charge in [-0.2, -0.15) is 4.31 Å². The maximum absolute atomic E-state index is 13.0. The van der Waals surface area contributed by atoms with E-state index in [-0.39, 0.29) is 11.3 Å². The average molecular weight is 398 g/mol. The molecule has 0 atom stereocenters. The van der Waals surface area contributed by atoms with Gasteiger partial charge in [0.15, 0.2) is 11.5 Å². The molecule has 0 unspecified atom stereocenters. The number of benzene rings is 1. The maximum atomic E-state index is 13.0. The van der Waals surface area contributed by atoms with Crippen molar-refractivity contribution in [2.45, 2.75) is 30.6 Å². The van der Waals surface area contributed by atoms with Crippen LogP contribution in [0.4, 0.5) is 0 Å². The molecule has 8 nitrogen and oxygen atoms in total. The number of ether oxygens (including phenoxy) is 2. The van der Waals surface area contributed by atoms with Gasteiger partial charge in [0.05, 0.1) is 4.90 Å². The molecule has 27 heavy (non-hydrogen) atoms. The summed E-state index contributed by atoms with van der Waals surface area (Å²) in [6, 6.07) is 4.75. The van der Waals surface area contributed by atoms with Gasteiger partial charge >= 0.3 is 5.97 Å². The molecular formula is C18H26N2O6S. The van der Waals surface area contributed by atoms with Gasteiger partial charge < -0.3 is 19.5 Å². The highest BCUT2D eigenvalue weighted by atomic mass is 32.2. The summed E-state index contributed by atoms with van der Waals surface area (Å²) in [5.74, 6) is 0.267. The third-order valence-electron chi connectivity index (χ3n) is 4.81. The standard InChI is InChI=1S/C18H26N2O6S/c21-18(22)4-1-2-7-19-8-3-9-20(11-10-19)27(23,24)15-5-6-16-17(14-15)26-13-12-25-16/h5-6,14H,1-4,7-13H2,(H,21,22). The Labute approximate surface area is 159 Å². The number of unbranched alkanes of at least 4 members (excludes halogenated alkanes) is 1. The lowest BCUT2D eigenvalue weighted by Crippen LogP contribution is -2.35. The van der Waals surface area contributed by atoms with Crippen LogP contribution in [0, 0.1) is 0 Å². The lowest BCUT2D eigenvalue weighted by molar-refractivity contribution is -0.137.